The number of rotatable bonds is 3. The smallest absolute Gasteiger partial charge is 0.223 e. The molecule has 2 aliphatic carbocycles. The molecular formula is C16H28N2O2. The molecule has 1 heterocycles. The standard InChI is InChI=1S/C16H28N2O2/c1-12-3-2-4-16(20,9-12)11-18-14(19)13-10-15(13)5-7-17-8-6-15/h12-13,17,20H,2-11H2,1H3,(H,18,19). The van der Waals surface area contributed by atoms with Gasteiger partial charge in [0.1, 0.15) is 0 Å². The van der Waals surface area contributed by atoms with E-state index in [9.17, 15) is 9.90 Å². The van der Waals surface area contributed by atoms with Crippen LogP contribution < -0.4 is 10.6 Å². The Morgan fingerprint density at radius 1 is 1.30 bits per heavy atom. The monoisotopic (exact) mass is 280 g/mol. The maximum absolute atomic E-state index is 12.3. The van der Waals surface area contributed by atoms with Gasteiger partial charge in [-0.25, -0.2) is 0 Å². The zero-order chi connectivity index (χ0) is 14.2. The SMILES string of the molecule is CC1CCCC(O)(CNC(=O)C2CC23CCNCC3)C1. The van der Waals surface area contributed by atoms with E-state index < -0.39 is 5.60 Å². The molecule has 3 fully saturated rings. The molecule has 1 spiro atoms. The Labute approximate surface area is 121 Å². The molecule has 3 N–H and O–H groups in total. The van der Waals surface area contributed by atoms with E-state index in [1.165, 1.54) is 6.42 Å². The number of hydrogen-bond donors (Lipinski definition) is 3. The van der Waals surface area contributed by atoms with Crippen molar-refractivity contribution in [3.05, 3.63) is 0 Å². The maximum Gasteiger partial charge on any atom is 0.223 e. The lowest BCUT2D eigenvalue weighted by Crippen LogP contribution is -2.46. The van der Waals surface area contributed by atoms with Crippen LogP contribution in [0.25, 0.3) is 0 Å². The zero-order valence-corrected chi connectivity index (χ0v) is 12.6. The van der Waals surface area contributed by atoms with Crippen LogP contribution in [0.5, 0.6) is 0 Å². The number of hydrogen-bond acceptors (Lipinski definition) is 3. The predicted octanol–water partition coefficient (Wildman–Crippen LogP) is 1.43. The highest BCUT2D eigenvalue weighted by molar-refractivity contribution is 5.82. The van der Waals surface area contributed by atoms with Gasteiger partial charge in [0.15, 0.2) is 0 Å². The highest BCUT2D eigenvalue weighted by atomic mass is 16.3. The number of carbonyl (C=O) groups excluding carboxylic acids is 1. The first-order valence-electron chi connectivity index (χ1n) is 8.24. The van der Waals surface area contributed by atoms with Crippen molar-refractivity contribution in [1.82, 2.24) is 10.6 Å². The van der Waals surface area contributed by atoms with Crippen LogP contribution in [0, 0.1) is 17.3 Å². The van der Waals surface area contributed by atoms with Crippen LogP contribution in [0.3, 0.4) is 0 Å². The van der Waals surface area contributed by atoms with Gasteiger partial charge in [-0.3, -0.25) is 4.79 Å². The first kappa shape index (κ1) is 14.3. The van der Waals surface area contributed by atoms with Crippen molar-refractivity contribution in [3.63, 3.8) is 0 Å². The van der Waals surface area contributed by atoms with Gasteiger partial charge < -0.3 is 15.7 Å². The number of aliphatic hydroxyl groups is 1. The Balaban J connectivity index is 1.48. The van der Waals surface area contributed by atoms with Gasteiger partial charge in [0.05, 0.1) is 5.60 Å². The first-order chi connectivity index (χ1) is 9.53. The van der Waals surface area contributed by atoms with Gasteiger partial charge in [-0.2, -0.15) is 0 Å². The summed E-state index contributed by atoms with van der Waals surface area (Å²) in [7, 11) is 0. The van der Waals surface area contributed by atoms with Crippen LogP contribution in [0.1, 0.15) is 51.9 Å². The van der Waals surface area contributed by atoms with E-state index in [1.807, 2.05) is 0 Å². The molecule has 1 saturated heterocycles. The average Bonchev–Trinajstić information content (AvgIpc) is 3.10. The third-order valence-electron chi connectivity index (χ3n) is 5.76. The van der Waals surface area contributed by atoms with E-state index in [2.05, 4.69) is 17.6 Å². The van der Waals surface area contributed by atoms with Crippen molar-refractivity contribution in [2.24, 2.45) is 17.3 Å². The number of carbonyl (C=O) groups is 1. The second-order valence-electron chi connectivity index (χ2n) is 7.51. The van der Waals surface area contributed by atoms with Gasteiger partial charge in [0.25, 0.3) is 0 Å². The van der Waals surface area contributed by atoms with E-state index in [0.717, 1.165) is 51.6 Å². The first-order valence-corrected chi connectivity index (χ1v) is 8.24. The largest absolute Gasteiger partial charge is 0.388 e. The number of amides is 1. The molecule has 2 saturated carbocycles. The molecule has 1 aliphatic heterocycles. The summed E-state index contributed by atoms with van der Waals surface area (Å²) in [6.45, 7) is 4.73. The lowest BCUT2D eigenvalue weighted by molar-refractivity contribution is -0.125. The minimum atomic E-state index is -0.663. The molecule has 0 aromatic heterocycles. The zero-order valence-electron chi connectivity index (χ0n) is 12.6. The predicted molar refractivity (Wildman–Crippen MR) is 78.2 cm³/mol. The summed E-state index contributed by atoms with van der Waals surface area (Å²) < 4.78 is 0. The van der Waals surface area contributed by atoms with E-state index in [4.69, 9.17) is 0 Å². The van der Waals surface area contributed by atoms with Crippen molar-refractivity contribution in [1.29, 1.82) is 0 Å². The Morgan fingerprint density at radius 3 is 2.75 bits per heavy atom. The topological polar surface area (TPSA) is 61.4 Å². The molecule has 3 rings (SSSR count). The summed E-state index contributed by atoms with van der Waals surface area (Å²) in [4.78, 5) is 12.3. The van der Waals surface area contributed by atoms with Gasteiger partial charge in [-0.1, -0.05) is 19.8 Å². The van der Waals surface area contributed by atoms with Crippen LogP contribution in [0.2, 0.25) is 0 Å². The minimum Gasteiger partial charge on any atom is -0.388 e. The Bertz CT molecular complexity index is 379. The molecule has 3 unspecified atom stereocenters. The quantitative estimate of drug-likeness (QED) is 0.733. The molecule has 114 valence electrons. The van der Waals surface area contributed by atoms with Crippen molar-refractivity contribution in [2.75, 3.05) is 19.6 Å². The number of piperidine rings is 1. The fraction of sp³-hybridized carbons (Fsp3) is 0.938. The van der Waals surface area contributed by atoms with Gasteiger partial charge in [-0.15, -0.1) is 0 Å². The Kier molecular flexibility index (Phi) is 3.80. The van der Waals surface area contributed by atoms with Crippen LogP contribution in [0.15, 0.2) is 0 Å². The third kappa shape index (κ3) is 2.86. The normalized spacial score (nSPS) is 39.5. The third-order valence-corrected chi connectivity index (χ3v) is 5.76. The minimum absolute atomic E-state index is 0.179. The molecule has 0 aromatic carbocycles. The summed E-state index contributed by atoms with van der Waals surface area (Å²) in [6, 6.07) is 0. The molecule has 0 aromatic rings. The summed E-state index contributed by atoms with van der Waals surface area (Å²) >= 11 is 0. The van der Waals surface area contributed by atoms with Crippen molar-refractivity contribution in [2.45, 2.75) is 57.5 Å². The van der Waals surface area contributed by atoms with Gasteiger partial charge in [0, 0.05) is 12.5 Å². The van der Waals surface area contributed by atoms with Crippen LogP contribution >= 0.6 is 0 Å². The van der Waals surface area contributed by atoms with E-state index >= 15 is 0 Å². The molecule has 4 nitrogen and oxygen atoms in total. The molecule has 3 atom stereocenters. The highest BCUT2D eigenvalue weighted by Crippen LogP contribution is 2.58. The van der Waals surface area contributed by atoms with E-state index in [1.54, 1.807) is 0 Å². The highest BCUT2D eigenvalue weighted by Gasteiger charge is 2.57. The molecule has 1 amide bonds. The molecular weight excluding hydrogens is 252 g/mol. The summed E-state index contributed by atoms with van der Waals surface area (Å²) in [6.07, 6.45) is 7.25. The van der Waals surface area contributed by atoms with Crippen LogP contribution in [-0.4, -0.2) is 36.2 Å². The van der Waals surface area contributed by atoms with E-state index in [0.29, 0.717) is 12.5 Å². The van der Waals surface area contributed by atoms with Crippen molar-refractivity contribution < 1.29 is 9.90 Å². The van der Waals surface area contributed by atoms with Gasteiger partial charge in [0.2, 0.25) is 5.91 Å². The fourth-order valence-corrected chi connectivity index (χ4v) is 4.36. The molecule has 0 bridgehead atoms. The van der Waals surface area contributed by atoms with Gasteiger partial charge >= 0.3 is 0 Å². The van der Waals surface area contributed by atoms with Crippen LogP contribution in [0.4, 0.5) is 0 Å². The van der Waals surface area contributed by atoms with E-state index in [-0.39, 0.29) is 17.2 Å². The molecule has 4 heteroatoms. The average molecular weight is 280 g/mol. The van der Waals surface area contributed by atoms with Crippen molar-refractivity contribution in [3.8, 4) is 0 Å². The van der Waals surface area contributed by atoms with Crippen LogP contribution in [-0.2, 0) is 4.79 Å². The second-order valence-corrected chi connectivity index (χ2v) is 7.51. The fourth-order valence-electron chi connectivity index (χ4n) is 4.36. The van der Waals surface area contributed by atoms with Gasteiger partial charge in [-0.05, 0) is 56.5 Å². The lowest BCUT2D eigenvalue weighted by atomic mass is 9.79. The number of nitrogens with one attached hydrogen (secondary N) is 2. The molecule has 3 aliphatic rings. The second kappa shape index (κ2) is 5.30. The Morgan fingerprint density at radius 2 is 2.05 bits per heavy atom. The maximum atomic E-state index is 12.3. The summed E-state index contributed by atoms with van der Waals surface area (Å²) in [5, 5.41) is 17.0. The molecule has 0 radical (unpaired) electrons. The van der Waals surface area contributed by atoms with Crippen molar-refractivity contribution >= 4 is 5.91 Å². The Hall–Kier alpha value is -0.610. The molecule has 20 heavy (non-hydrogen) atoms. The summed E-state index contributed by atoms with van der Waals surface area (Å²) in [5.74, 6) is 0.954. The lowest BCUT2D eigenvalue weighted by Gasteiger charge is -2.35. The summed E-state index contributed by atoms with van der Waals surface area (Å²) in [5.41, 5.74) is -0.374.